The number of carbonyl (C=O) groups excluding carboxylic acids is 1. The van der Waals surface area contributed by atoms with Gasteiger partial charge in [0.15, 0.2) is 0 Å². The number of ether oxygens (including phenoxy) is 1. The van der Waals surface area contributed by atoms with E-state index in [-0.39, 0.29) is 6.09 Å². The summed E-state index contributed by atoms with van der Waals surface area (Å²) in [6.07, 6.45) is 0.907. The van der Waals surface area contributed by atoms with Crippen molar-refractivity contribution in [3.05, 3.63) is 0 Å². The molecule has 6 nitrogen and oxygen atoms in total. The number of hydrogen-bond donors (Lipinski definition) is 1. The Morgan fingerprint density at radius 1 is 1.36 bits per heavy atom. The van der Waals surface area contributed by atoms with E-state index in [4.69, 9.17) is 4.74 Å². The Morgan fingerprint density at radius 3 is 2.68 bits per heavy atom. The van der Waals surface area contributed by atoms with E-state index in [2.05, 4.69) is 29.1 Å². The fraction of sp³-hybridized carbons (Fsp3) is 0.875. The van der Waals surface area contributed by atoms with Gasteiger partial charge in [0.2, 0.25) is 0 Å². The first-order chi connectivity index (χ1) is 10.4. The Balaban J connectivity index is 2.37. The highest BCUT2D eigenvalue weighted by molar-refractivity contribution is 5.87. The maximum Gasteiger partial charge on any atom is 0.410 e. The second-order valence-corrected chi connectivity index (χ2v) is 6.59. The normalized spacial score (nSPS) is 15.7. The van der Waals surface area contributed by atoms with Gasteiger partial charge in [-0.2, -0.15) is 0 Å². The predicted octanol–water partition coefficient (Wildman–Crippen LogP) is 1.96. The van der Waals surface area contributed by atoms with Crippen LogP contribution in [0.4, 0.5) is 4.79 Å². The number of likely N-dealkylation sites (N-methyl/N-ethyl adjacent to an activating group) is 1. The fourth-order valence-corrected chi connectivity index (χ4v) is 2.31. The van der Waals surface area contributed by atoms with E-state index in [1.807, 2.05) is 20.8 Å². The first-order valence-corrected chi connectivity index (χ1v) is 8.33. The molecule has 22 heavy (non-hydrogen) atoms. The summed E-state index contributed by atoms with van der Waals surface area (Å²) in [4.78, 5) is 20.7. The average molecular weight is 312 g/mol. The number of hydrogen-bond acceptors (Lipinski definition) is 5. The molecule has 0 bridgehead atoms. The number of aliphatic imine (C=N–C) groups is 1. The zero-order chi connectivity index (χ0) is 16.6. The van der Waals surface area contributed by atoms with Crippen LogP contribution in [0.1, 0.15) is 41.0 Å². The summed E-state index contributed by atoms with van der Waals surface area (Å²) in [7, 11) is 0. The topological polar surface area (TPSA) is 57.2 Å². The summed E-state index contributed by atoms with van der Waals surface area (Å²) in [5, 5.41) is 3.35. The first kappa shape index (κ1) is 18.7. The van der Waals surface area contributed by atoms with Crippen LogP contribution in [-0.4, -0.2) is 73.1 Å². The van der Waals surface area contributed by atoms with Gasteiger partial charge in [0.05, 0.1) is 13.1 Å². The number of nitrogens with one attached hydrogen (secondary N) is 1. The quantitative estimate of drug-likeness (QED) is 0.814. The molecule has 0 saturated heterocycles. The molecule has 0 aromatic carbocycles. The SMILES string of the molecule is CCCN(CC)CCNC1=NCCN(C(=O)OC(C)(C)C)C1. The highest BCUT2D eigenvalue weighted by Crippen LogP contribution is 2.10. The van der Waals surface area contributed by atoms with Gasteiger partial charge in [-0.1, -0.05) is 13.8 Å². The summed E-state index contributed by atoms with van der Waals surface area (Å²) in [5.41, 5.74) is -0.457. The van der Waals surface area contributed by atoms with E-state index >= 15 is 0 Å². The molecular weight excluding hydrogens is 280 g/mol. The van der Waals surface area contributed by atoms with Gasteiger partial charge in [0, 0.05) is 19.6 Å². The third kappa shape index (κ3) is 7.11. The summed E-state index contributed by atoms with van der Waals surface area (Å²) in [6, 6.07) is 0. The van der Waals surface area contributed by atoms with Crippen LogP contribution in [0, 0.1) is 0 Å². The van der Waals surface area contributed by atoms with Crippen molar-refractivity contribution in [1.29, 1.82) is 0 Å². The van der Waals surface area contributed by atoms with Crippen molar-refractivity contribution in [2.75, 3.05) is 45.8 Å². The molecule has 0 fully saturated rings. The Labute approximate surface area is 134 Å². The highest BCUT2D eigenvalue weighted by Gasteiger charge is 2.24. The first-order valence-electron chi connectivity index (χ1n) is 8.33. The minimum absolute atomic E-state index is 0.261. The molecule has 1 heterocycles. The van der Waals surface area contributed by atoms with E-state index in [1.54, 1.807) is 4.90 Å². The summed E-state index contributed by atoms with van der Waals surface area (Å²) in [6.45, 7) is 15.8. The molecule has 0 aromatic rings. The lowest BCUT2D eigenvalue weighted by Gasteiger charge is -2.30. The molecule has 0 atom stereocenters. The number of rotatable bonds is 6. The lowest BCUT2D eigenvalue weighted by molar-refractivity contribution is 0.0276. The van der Waals surface area contributed by atoms with Crippen LogP contribution in [-0.2, 0) is 4.74 Å². The second kappa shape index (κ2) is 8.98. The van der Waals surface area contributed by atoms with Crippen LogP contribution >= 0.6 is 0 Å². The maximum absolute atomic E-state index is 12.1. The minimum Gasteiger partial charge on any atom is -0.444 e. The molecule has 0 radical (unpaired) electrons. The van der Waals surface area contributed by atoms with Crippen LogP contribution < -0.4 is 5.32 Å². The monoisotopic (exact) mass is 312 g/mol. The standard InChI is InChI=1S/C16H32N4O2/c1-6-10-19(7-2)11-8-17-14-13-20(12-9-18-14)15(21)22-16(3,4)5/h6-13H2,1-5H3,(H,17,18). The second-order valence-electron chi connectivity index (χ2n) is 6.59. The number of nitrogens with zero attached hydrogens (tertiary/aromatic N) is 3. The van der Waals surface area contributed by atoms with Gasteiger partial charge in [0.25, 0.3) is 0 Å². The van der Waals surface area contributed by atoms with Gasteiger partial charge < -0.3 is 15.0 Å². The summed E-state index contributed by atoms with van der Waals surface area (Å²) >= 11 is 0. The smallest absolute Gasteiger partial charge is 0.410 e. The van der Waals surface area contributed by atoms with E-state index in [0.717, 1.165) is 32.0 Å². The van der Waals surface area contributed by atoms with Crippen LogP contribution in [0.5, 0.6) is 0 Å². The van der Waals surface area contributed by atoms with Gasteiger partial charge in [-0.05, 0) is 40.3 Å². The minimum atomic E-state index is -0.457. The van der Waals surface area contributed by atoms with E-state index in [0.29, 0.717) is 19.6 Å². The van der Waals surface area contributed by atoms with Gasteiger partial charge >= 0.3 is 6.09 Å². The zero-order valence-corrected chi connectivity index (χ0v) is 14.8. The molecule has 6 heteroatoms. The van der Waals surface area contributed by atoms with E-state index in [1.165, 1.54) is 6.42 Å². The molecule has 128 valence electrons. The number of amidine groups is 1. The maximum atomic E-state index is 12.1. The van der Waals surface area contributed by atoms with Crippen LogP contribution in [0.25, 0.3) is 0 Å². The third-order valence-corrected chi connectivity index (χ3v) is 3.41. The lowest BCUT2D eigenvalue weighted by Crippen LogP contribution is -2.48. The Hall–Kier alpha value is -1.30. The fourth-order valence-electron chi connectivity index (χ4n) is 2.31. The molecule has 1 aliphatic rings. The predicted molar refractivity (Wildman–Crippen MR) is 90.5 cm³/mol. The van der Waals surface area contributed by atoms with Crippen LogP contribution in [0.15, 0.2) is 4.99 Å². The lowest BCUT2D eigenvalue weighted by atomic mass is 10.2. The Morgan fingerprint density at radius 2 is 2.09 bits per heavy atom. The summed E-state index contributed by atoms with van der Waals surface area (Å²) in [5.74, 6) is 0.879. The largest absolute Gasteiger partial charge is 0.444 e. The molecule has 1 rings (SSSR count). The van der Waals surface area contributed by atoms with E-state index in [9.17, 15) is 4.79 Å². The molecule has 1 amide bonds. The molecule has 0 aromatic heterocycles. The average Bonchev–Trinajstić information content (AvgIpc) is 2.45. The van der Waals surface area contributed by atoms with Gasteiger partial charge in [-0.25, -0.2) is 4.79 Å². The van der Waals surface area contributed by atoms with Crippen molar-refractivity contribution in [2.45, 2.75) is 46.6 Å². The molecule has 0 saturated carbocycles. The van der Waals surface area contributed by atoms with Crippen molar-refractivity contribution >= 4 is 11.9 Å². The third-order valence-electron chi connectivity index (χ3n) is 3.41. The molecule has 0 aliphatic carbocycles. The molecule has 1 N–H and O–H groups in total. The summed E-state index contributed by atoms with van der Waals surface area (Å²) < 4.78 is 5.41. The zero-order valence-electron chi connectivity index (χ0n) is 14.8. The van der Waals surface area contributed by atoms with Gasteiger partial charge in [-0.3, -0.25) is 9.89 Å². The molecule has 0 unspecified atom stereocenters. The van der Waals surface area contributed by atoms with Crippen molar-refractivity contribution in [3.8, 4) is 0 Å². The number of amides is 1. The molecule has 1 aliphatic heterocycles. The number of carbonyl (C=O) groups is 1. The van der Waals surface area contributed by atoms with E-state index < -0.39 is 5.60 Å². The molecule has 0 spiro atoms. The van der Waals surface area contributed by atoms with Crippen molar-refractivity contribution in [3.63, 3.8) is 0 Å². The highest BCUT2D eigenvalue weighted by atomic mass is 16.6. The van der Waals surface area contributed by atoms with Gasteiger partial charge in [-0.15, -0.1) is 0 Å². The molecular formula is C16H32N4O2. The van der Waals surface area contributed by atoms with Crippen LogP contribution in [0.3, 0.4) is 0 Å². The van der Waals surface area contributed by atoms with Crippen molar-refractivity contribution in [2.24, 2.45) is 4.99 Å². The van der Waals surface area contributed by atoms with Crippen LogP contribution in [0.2, 0.25) is 0 Å². The van der Waals surface area contributed by atoms with Crippen molar-refractivity contribution in [1.82, 2.24) is 15.1 Å². The van der Waals surface area contributed by atoms with Gasteiger partial charge in [0.1, 0.15) is 11.4 Å². The Bertz CT molecular complexity index is 377. The van der Waals surface area contributed by atoms with Crippen molar-refractivity contribution < 1.29 is 9.53 Å². The Kier molecular flexibility index (Phi) is 7.65.